The Balaban J connectivity index is 1.98. The summed E-state index contributed by atoms with van der Waals surface area (Å²) in [6, 6.07) is 0. The van der Waals surface area contributed by atoms with Gasteiger partial charge in [-0.1, -0.05) is 70.4 Å². The highest BCUT2D eigenvalue weighted by Crippen LogP contribution is 2.43. The summed E-state index contributed by atoms with van der Waals surface area (Å²) in [5, 5.41) is 37.5. The van der Waals surface area contributed by atoms with Crippen LogP contribution in [-0.2, 0) is 9.53 Å². The van der Waals surface area contributed by atoms with Crippen molar-refractivity contribution in [3.8, 4) is 17.4 Å². The highest BCUT2D eigenvalue weighted by atomic mass is 16.6. The number of hydrogen-bond donors (Lipinski definition) is 4. The van der Waals surface area contributed by atoms with Crippen LogP contribution in [0.2, 0.25) is 0 Å². The maximum absolute atomic E-state index is 11.7. The lowest BCUT2D eigenvalue weighted by molar-refractivity contribution is -0.172. The van der Waals surface area contributed by atoms with E-state index in [1.54, 1.807) is 0 Å². The van der Waals surface area contributed by atoms with Gasteiger partial charge in [-0.2, -0.15) is 0 Å². The van der Waals surface area contributed by atoms with Crippen molar-refractivity contribution in [1.29, 1.82) is 0 Å². The molecule has 7 heteroatoms. The average molecular weight is 427 g/mol. The fraction of sp³-hybridized carbons (Fsp3) is 0.696. The summed E-state index contributed by atoms with van der Waals surface area (Å²) in [7, 11) is 0. The predicted molar refractivity (Wildman–Crippen MR) is 114 cm³/mol. The Morgan fingerprint density at radius 1 is 0.867 bits per heavy atom. The third-order valence-corrected chi connectivity index (χ3v) is 4.98. The molecule has 30 heavy (non-hydrogen) atoms. The average Bonchev–Trinajstić information content (AvgIpc) is 2.98. The lowest BCUT2D eigenvalue weighted by Crippen LogP contribution is -2.10. The first-order chi connectivity index (χ1) is 14.5. The van der Waals surface area contributed by atoms with Crippen LogP contribution in [0.15, 0.2) is 16.6 Å². The fourth-order valence-corrected chi connectivity index (χ4v) is 3.16. The Hall–Kier alpha value is -2.15. The number of carbonyl (C=O) groups excluding carboxylic acids is 1. The van der Waals surface area contributed by atoms with E-state index in [1.165, 1.54) is 44.9 Å². The van der Waals surface area contributed by atoms with E-state index in [0.29, 0.717) is 6.42 Å². The summed E-state index contributed by atoms with van der Waals surface area (Å²) in [6.07, 6.45) is 17.9. The van der Waals surface area contributed by atoms with Gasteiger partial charge < -0.3 is 29.6 Å². The molecular weight excluding hydrogens is 388 g/mol. The highest BCUT2D eigenvalue weighted by Gasteiger charge is 2.27. The summed E-state index contributed by atoms with van der Waals surface area (Å²) in [5.74, 6) is -3.96. The van der Waals surface area contributed by atoms with E-state index >= 15 is 0 Å². The van der Waals surface area contributed by atoms with Gasteiger partial charge >= 0.3 is 11.9 Å². The van der Waals surface area contributed by atoms with Crippen LogP contribution in [0.3, 0.4) is 0 Å². The Morgan fingerprint density at radius 2 is 1.40 bits per heavy atom. The van der Waals surface area contributed by atoms with Gasteiger partial charge in [0.25, 0.3) is 6.29 Å². The summed E-state index contributed by atoms with van der Waals surface area (Å²) in [6.45, 7) is 2.24. The molecule has 1 aromatic rings. The number of allylic oxidation sites excluding steroid dienone is 2. The number of rotatable bonds is 17. The number of esters is 1. The molecule has 4 N–H and O–H groups in total. The van der Waals surface area contributed by atoms with Crippen LogP contribution in [-0.4, -0.2) is 26.4 Å². The van der Waals surface area contributed by atoms with Crippen LogP contribution in [0.25, 0.3) is 0 Å². The molecule has 1 atom stereocenters. The SMILES string of the molecule is CCCCCCCCC=CCCCCCCCC(=O)OC(O)c1oc(O)c(O)c1O. The highest BCUT2D eigenvalue weighted by molar-refractivity contribution is 5.69. The first-order valence-electron chi connectivity index (χ1n) is 11.2. The molecule has 0 aromatic carbocycles. The topological polar surface area (TPSA) is 120 Å². The van der Waals surface area contributed by atoms with Crippen molar-refractivity contribution in [3.05, 3.63) is 17.9 Å². The molecule has 0 bridgehead atoms. The van der Waals surface area contributed by atoms with E-state index in [9.17, 15) is 20.1 Å². The number of aliphatic hydroxyl groups excluding tert-OH is 1. The maximum atomic E-state index is 11.7. The van der Waals surface area contributed by atoms with Gasteiger partial charge in [-0.15, -0.1) is 0 Å². The van der Waals surface area contributed by atoms with Crippen LogP contribution < -0.4 is 0 Å². The summed E-state index contributed by atoms with van der Waals surface area (Å²) < 4.78 is 9.30. The van der Waals surface area contributed by atoms with Gasteiger partial charge in [0, 0.05) is 6.42 Å². The van der Waals surface area contributed by atoms with E-state index < -0.39 is 35.5 Å². The first kappa shape index (κ1) is 25.9. The van der Waals surface area contributed by atoms with Gasteiger partial charge in [-0.05, 0) is 32.1 Å². The lowest BCUT2D eigenvalue weighted by atomic mass is 10.1. The zero-order valence-electron chi connectivity index (χ0n) is 18.1. The standard InChI is InChI=1S/C23H38O7/c1-2-3-4-5-6-7-8-9-10-11-12-13-14-15-16-17-18(24)29-23(28)21-19(25)20(26)22(27)30-21/h9-10,23,25-28H,2-8,11-17H2,1H3. The minimum Gasteiger partial charge on any atom is -0.502 e. The quantitative estimate of drug-likeness (QED) is 0.105. The Bertz CT molecular complexity index is 621. The van der Waals surface area contributed by atoms with Crippen LogP contribution in [0.5, 0.6) is 17.4 Å². The molecule has 0 aliphatic rings. The summed E-state index contributed by atoms with van der Waals surface area (Å²) >= 11 is 0. The van der Waals surface area contributed by atoms with Crippen LogP contribution >= 0.6 is 0 Å². The molecule has 7 nitrogen and oxygen atoms in total. The number of hydrogen-bond acceptors (Lipinski definition) is 7. The second kappa shape index (κ2) is 15.7. The molecule has 1 heterocycles. The molecule has 172 valence electrons. The van der Waals surface area contributed by atoms with E-state index in [4.69, 9.17) is 9.84 Å². The predicted octanol–water partition coefficient (Wildman–Crippen LogP) is 5.97. The zero-order valence-corrected chi connectivity index (χ0v) is 18.1. The molecule has 0 saturated heterocycles. The van der Waals surface area contributed by atoms with Crippen molar-refractivity contribution >= 4 is 5.97 Å². The molecule has 0 fully saturated rings. The Morgan fingerprint density at radius 3 is 1.93 bits per heavy atom. The van der Waals surface area contributed by atoms with Gasteiger partial charge in [-0.25, -0.2) is 0 Å². The van der Waals surface area contributed by atoms with Crippen molar-refractivity contribution in [2.24, 2.45) is 0 Å². The molecule has 1 rings (SSSR count). The monoisotopic (exact) mass is 426 g/mol. The largest absolute Gasteiger partial charge is 0.502 e. The molecule has 0 aliphatic carbocycles. The van der Waals surface area contributed by atoms with Crippen molar-refractivity contribution in [2.45, 2.75) is 103 Å². The number of carbonyl (C=O) groups is 1. The third-order valence-electron chi connectivity index (χ3n) is 4.98. The van der Waals surface area contributed by atoms with Gasteiger partial charge in [0.1, 0.15) is 0 Å². The smallest absolute Gasteiger partial charge is 0.330 e. The number of aromatic hydroxyl groups is 3. The lowest BCUT2D eigenvalue weighted by Gasteiger charge is -2.09. The van der Waals surface area contributed by atoms with Crippen molar-refractivity contribution in [3.63, 3.8) is 0 Å². The van der Waals surface area contributed by atoms with Crippen LogP contribution in [0, 0.1) is 0 Å². The van der Waals surface area contributed by atoms with Crippen LogP contribution in [0.1, 0.15) is 109 Å². The Labute approximate surface area is 179 Å². The second-order valence-corrected chi connectivity index (χ2v) is 7.65. The number of furan rings is 1. The van der Waals surface area contributed by atoms with E-state index in [2.05, 4.69) is 23.5 Å². The molecule has 1 unspecified atom stereocenters. The fourth-order valence-electron chi connectivity index (χ4n) is 3.16. The minimum atomic E-state index is -1.88. The molecule has 0 aliphatic heterocycles. The zero-order chi connectivity index (χ0) is 22.2. The molecule has 1 aromatic heterocycles. The maximum Gasteiger partial charge on any atom is 0.330 e. The van der Waals surface area contributed by atoms with Gasteiger partial charge in [0.15, 0.2) is 0 Å². The minimum absolute atomic E-state index is 0.134. The second-order valence-electron chi connectivity index (χ2n) is 7.65. The van der Waals surface area contributed by atoms with E-state index in [1.807, 2.05) is 0 Å². The summed E-state index contributed by atoms with van der Waals surface area (Å²) in [5.41, 5.74) is 0. The number of unbranched alkanes of at least 4 members (excludes halogenated alkanes) is 11. The molecule has 0 amide bonds. The first-order valence-corrected chi connectivity index (χ1v) is 11.2. The van der Waals surface area contributed by atoms with E-state index in [-0.39, 0.29) is 6.42 Å². The van der Waals surface area contributed by atoms with Crippen LogP contribution in [0.4, 0.5) is 0 Å². The molecule has 0 spiro atoms. The number of ether oxygens (including phenoxy) is 1. The van der Waals surface area contributed by atoms with Crippen molar-refractivity contribution < 1.29 is 34.4 Å². The van der Waals surface area contributed by atoms with E-state index in [0.717, 1.165) is 32.1 Å². The Kier molecular flexibility index (Phi) is 13.5. The summed E-state index contributed by atoms with van der Waals surface area (Å²) in [4.78, 5) is 11.7. The van der Waals surface area contributed by atoms with Gasteiger partial charge in [0.2, 0.25) is 17.3 Å². The number of aliphatic hydroxyl groups is 1. The van der Waals surface area contributed by atoms with Crippen molar-refractivity contribution in [1.82, 2.24) is 0 Å². The van der Waals surface area contributed by atoms with Crippen molar-refractivity contribution in [2.75, 3.05) is 0 Å². The van der Waals surface area contributed by atoms with Gasteiger partial charge in [0.05, 0.1) is 0 Å². The molecule has 0 saturated carbocycles. The normalized spacial score (nSPS) is 12.5. The molecular formula is C23H38O7. The molecule has 0 radical (unpaired) electrons. The van der Waals surface area contributed by atoms with Gasteiger partial charge in [-0.3, -0.25) is 4.79 Å². The third kappa shape index (κ3) is 10.6.